The van der Waals surface area contributed by atoms with Gasteiger partial charge in [-0.15, -0.1) is 10.2 Å². The quantitative estimate of drug-likeness (QED) is 0.558. The molecular weight excluding hydrogens is 408 g/mol. The number of hydrogen-bond acceptors (Lipinski definition) is 5. The van der Waals surface area contributed by atoms with Gasteiger partial charge in [-0.1, -0.05) is 66.8 Å². The summed E-state index contributed by atoms with van der Waals surface area (Å²) in [6.45, 7) is 2.03. The molecule has 0 spiro atoms. The average molecular weight is 431 g/mol. The Balaban J connectivity index is 1.27. The molecule has 31 heavy (non-hydrogen) atoms. The van der Waals surface area contributed by atoms with Gasteiger partial charge in [0.05, 0.1) is 5.41 Å². The topological polar surface area (TPSA) is 84.0 Å². The highest BCUT2D eigenvalue weighted by Crippen LogP contribution is 2.52. The van der Waals surface area contributed by atoms with Crippen molar-refractivity contribution in [3.05, 3.63) is 72.3 Å². The SMILES string of the molecule is C[C@@]1(C(=O)Nc2cccc(C(=O)Nc3nnc(-c4ccccc4)s3)c2)C[C@H]2C=C[C@H]1C2. The number of fused-ring (bicyclic) bond motifs is 2. The largest absolute Gasteiger partial charge is 0.326 e. The van der Waals surface area contributed by atoms with Crippen LogP contribution >= 0.6 is 11.3 Å². The van der Waals surface area contributed by atoms with E-state index in [0.29, 0.717) is 28.2 Å². The lowest BCUT2D eigenvalue weighted by molar-refractivity contribution is -0.126. The van der Waals surface area contributed by atoms with Crippen molar-refractivity contribution in [1.29, 1.82) is 0 Å². The van der Waals surface area contributed by atoms with Gasteiger partial charge in [-0.05, 0) is 42.9 Å². The minimum absolute atomic E-state index is 0.0125. The van der Waals surface area contributed by atoms with Gasteiger partial charge in [0.25, 0.3) is 5.91 Å². The van der Waals surface area contributed by atoms with E-state index in [4.69, 9.17) is 0 Å². The Labute approximate surface area is 184 Å². The number of carbonyl (C=O) groups excluding carboxylic acids is 2. The predicted molar refractivity (Wildman–Crippen MR) is 122 cm³/mol. The van der Waals surface area contributed by atoms with Gasteiger partial charge in [0.1, 0.15) is 5.01 Å². The van der Waals surface area contributed by atoms with Crippen LogP contribution in [0.2, 0.25) is 0 Å². The van der Waals surface area contributed by atoms with E-state index in [1.807, 2.05) is 37.3 Å². The maximum atomic E-state index is 13.0. The van der Waals surface area contributed by atoms with Crippen LogP contribution in [0.15, 0.2) is 66.7 Å². The number of rotatable bonds is 5. The van der Waals surface area contributed by atoms with E-state index in [1.54, 1.807) is 24.3 Å². The van der Waals surface area contributed by atoms with Crippen LogP contribution in [0.3, 0.4) is 0 Å². The molecule has 0 unspecified atom stereocenters. The Hall–Kier alpha value is -3.32. The van der Waals surface area contributed by atoms with Crippen LogP contribution in [0.1, 0.15) is 30.1 Å². The fourth-order valence-corrected chi connectivity index (χ4v) is 5.25. The van der Waals surface area contributed by atoms with Crippen molar-refractivity contribution in [3.8, 4) is 10.6 Å². The second kappa shape index (κ2) is 7.74. The van der Waals surface area contributed by atoms with Gasteiger partial charge in [0, 0.05) is 16.8 Å². The minimum Gasteiger partial charge on any atom is -0.326 e. The summed E-state index contributed by atoms with van der Waals surface area (Å²) < 4.78 is 0. The third-order valence-corrected chi connectivity index (χ3v) is 7.13. The molecule has 0 saturated heterocycles. The van der Waals surface area contributed by atoms with Crippen molar-refractivity contribution < 1.29 is 9.59 Å². The van der Waals surface area contributed by atoms with Crippen molar-refractivity contribution in [2.24, 2.45) is 17.3 Å². The van der Waals surface area contributed by atoms with E-state index >= 15 is 0 Å². The van der Waals surface area contributed by atoms with Gasteiger partial charge < -0.3 is 5.32 Å². The molecule has 3 aromatic rings. The highest BCUT2D eigenvalue weighted by Gasteiger charge is 2.49. The number of carbonyl (C=O) groups is 2. The van der Waals surface area contributed by atoms with E-state index in [9.17, 15) is 9.59 Å². The average Bonchev–Trinajstić information content (AvgIpc) is 3.51. The summed E-state index contributed by atoms with van der Waals surface area (Å²) in [5.41, 5.74) is 1.63. The second-order valence-electron chi connectivity index (χ2n) is 8.38. The normalized spacial score (nSPS) is 23.6. The molecule has 7 heteroatoms. The van der Waals surface area contributed by atoms with Crippen molar-refractivity contribution >= 4 is 34.0 Å². The van der Waals surface area contributed by atoms with Crippen molar-refractivity contribution in [1.82, 2.24) is 10.2 Å². The standard InChI is InChI=1S/C24H22N4O2S/c1-24(14-15-10-11-18(24)12-15)22(30)25-19-9-5-8-17(13-19)20(29)26-23-28-27-21(31-23)16-6-3-2-4-7-16/h2-11,13,15,18H,12,14H2,1H3,(H,25,30)(H,26,28,29)/t15-,18-,24+/m0/s1. The molecule has 2 aromatic carbocycles. The molecule has 1 saturated carbocycles. The van der Waals surface area contributed by atoms with Gasteiger partial charge in [-0.2, -0.15) is 0 Å². The predicted octanol–water partition coefficient (Wildman–Crippen LogP) is 5.00. The summed E-state index contributed by atoms with van der Waals surface area (Å²) in [5, 5.41) is 15.2. The lowest BCUT2D eigenvalue weighted by Gasteiger charge is -2.29. The van der Waals surface area contributed by atoms with Crippen LogP contribution < -0.4 is 10.6 Å². The fourth-order valence-electron chi connectivity index (χ4n) is 4.51. The third-order valence-electron chi connectivity index (χ3n) is 6.24. The van der Waals surface area contributed by atoms with Gasteiger partial charge in [0.15, 0.2) is 0 Å². The molecule has 1 fully saturated rings. The molecule has 3 atom stereocenters. The Morgan fingerprint density at radius 3 is 2.61 bits per heavy atom. The zero-order valence-corrected chi connectivity index (χ0v) is 17.9. The molecule has 156 valence electrons. The van der Waals surface area contributed by atoms with E-state index in [0.717, 1.165) is 23.4 Å². The molecule has 0 radical (unpaired) electrons. The number of benzene rings is 2. The first-order chi connectivity index (χ1) is 15.0. The maximum Gasteiger partial charge on any atom is 0.257 e. The summed E-state index contributed by atoms with van der Waals surface area (Å²) in [5.74, 6) is 0.519. The van der Waals surface area contributed by atoms with Crippen molar-refractivity contribution in [2.75, 3.05) is 10.6 Å². The van der Waals surface area contributed by atoms with Crippen molar-refractivity contribution in [3.63, 3.8) is 0 Å². The monoisotopic (exact) mass is 430 g/mol. The molecule has 2 N–H and O–H groups in total. The molecule has 2 aliphatic carbocycles. The maximum absolute atomic E-state index is 13.0. The Bertz CT molecular complexity index is 1170. The minimum atomic E-state index is -0.391. The Kier molecular flexibility index (Phi) is 4.90. The number of aromatic nitrogens is 2. The van der Waals surface area contributed by atoms with E-state index in [2.05, 4.69) is 33.0 Å². The van der Waals surface area contributed by atoms with Gasteiger partial charge >= 0.3 is 0 Å². The lowest BCUT2D eigenvalue weighted by atomic mass is 9.77. The molecule has 2 amide bonds. The number of hydrogen-bond donors (Lipinski definition) is 2. The molecule has 1 aromatic heterocycles. The molecule has 6 nitrogen and oxygen atoms in total. The van der Waals surface area contributed by atoms with Gasteiger partial charge in [0.2, 0.25) is 11.0 Å². The van der Waals surface area contributed by atoms with Crippen LogP contribution in [0, 0.1) is 17.3 Å². The van der Waals surface area contributed by atoms with Crippen LogP contribution in [0.25, 0.3) is 10.6 Å². The summed E-state index contributed by atoms with van der Waals surface area (Å²) >= 11 is 1.32. The lowest BCUT2D eigenvalue weighted by Crippen LogP contribution is -2.36. The number of amides is 2. The van der Waals surface area contributed by atoms with Crippen molar-refractivity contribution in [2.45, 2.75) is 19.8 Å². The number of nitrogens with one attached hydrogen (secondary N) is 2. The molecule has 1 heterocycles. The number of allylic oxidation sites excluding steroid dienone is 2. The molecule has 5 rings (SSSR count). The molecule has 0 aliphatic heterocycles. The molecular formula is C24H22N4O2S. The van der Waals surface area contributed by atoms with E-state index in [1.165, 1.54) is 11.3 Å². The van der Waals surface area contributed by atoms with Crippen LogP contribution in [0.5, 0.6) is 0 Å². The van der Waals surface area contributed by atoms with Crippen LogP contribution in [-0.2, 0) is 4.79 Å². The summed E-state index contributed by atoms with van der Waals surface area (Å²) in [4.78, 5) is 25.7. The summed E-state index contributed by atoms with van der Waals surface area (Å²) in [7, 11) is 0. The first kappa shape index (κ1) is 19.6. The van der Waals surface area contributed by atoms with E-state index in [-0.39, 0.29) is 11.8 Å². The number of nitrogens with zero attached hydrogens (tertiary/aromatic N) is 2. The number of anilines is 2. The third kappa shape index (κ3) is 3.77. The first-order valence-corrected chi connectivity index (χ1v) is 11.1. The fraction of sp³-hybridized carbons (Fsp3) is 0.250. The molecule has 2 bridgehead atoms. The van der Waals surface area contributed by atoms with E-state index < -0.39 is 5.41 Å². The summed E-state index contributed by atoms with van der Waals surface area (Å²) in [6, 6.07) is 16.7. The molecule has 2 aliphatic rings. The smallest absolute Gasteiger partial charge is 0.257 e. The highest BCUT2D eigenvalue weighted by molar-refractivity contribution is 7.18. The van der Waals surface area contributed by atoms with Crippen LogP contribution in [-0.4, -0.2) is 22.0 Å². The zero-order chi connectivity index (χ0) is 21.4. The van der Waals surface area contributed by atoms with Gasteiger partial charge in [-0.3, -0.25) is 14.9 Å². The Morgan fingerprint density at radius 1 is 1.03 bits per heavy atom. The van der Waals surface area contributed by atoms with Crippen LogP contribution in [0.4, 0.5) is 10.8 Å². The highest BCUT2D eigenvalue weighted by atomic mass is 32.1. The van der Waals surface area contributed by atoms with Gasteiger partial charge in [-0.25, -0.2) is 0 Å². The summed E-state index contributed by atoms with van der Waals surface area (Å²) in [6.07, 6.45) is 6.32. The second-order valence-corrected chi connectivity index (χ2v) is 9.35. The zero-order valence-electron chi connectivity index (χ0n) is 17.0. The first-order valence-electron chi connectivity index (χ1n) is 10.3. The Morgan fingerprint density at radius 2 is 1.87 bits per heavy atom.